The Labute approximate surface area is 213 Å². The average Bonchev–Trinajstić information content (AvgIpc) is 2.90. The van der Waals surface area contributed by atoms with Crippen molar-refractivity contribution in [2.75, 3.05) is 18.4 Å². The van der Waals surface area contributed by atoms with Crippen LogP contribution in [0.5, 0.6) is 0 Å². The predicted octanol–water partition coefficient (Wildman–Crippen LogP) is 7.13. The molecule has 3 aromatic carbocycles. The molecule has 1 unspecified atom stereocenters. The number of piperidine rings is 1. The third-order valence-corrected chi connectivity index (χ3v) is 7.26. The molecule has 0 spiro atoms. The Hall–Kier alpha value is -3.70. The van der Waals surface area contributed by atoms with Crippen molar-refractivity contribution in [1.29, 1.82) is 0 Å². The van der Waals surface area contributed by atoms with Crippen molar-refractivity contribution < 1.29 is 5.21 Å². The van der Waals surface area contributed by atoms with Crippen LogP contribution in [0.2, 0.25) is 0 Å². The summed E-state index contributed by atoms with van der Waals surface area (Å²) >= 11 is 0. The molecule has 5 rings (SSSR count). The van der Waals surface area contributed by atoms with Gasteiger partial charge in [0.1, 0.15) is 0 Å². The zero-order valence-corrected chi connectivity index (χ0v) is 21.1. The van der Waals surface area contributed by atoms with Gasteiger partial charge >= 0.3 is 0 Å². The van der Waals surface area contributed by atoms with Crippen LogP contribution in [-0.4, -0.2) is 33.9 Å². The fourth-order valence-corrected chi connectivity index (χ4v) is 5.49. The van der Waals surface area contributed by atoms with Crippen LogP contribution in [0.4, 0.5) is 11.4 Å². The Morgan fingerprint density at radius 3 is 2.53 bits per heavy atom. The number of para-hydroxylation sites is 1. The highest BCUT2D eigenvalue weighted by atomic mass is 16.4. The predicted molar refractivity (Wildman–Crippen MR) is 148 cm³/mol. The van der Waals surface area contributed by atoms with Crippen LogP contribution in [0.25, 0.3) is 10.9 Å². The van der Waals surface area contributed by atoms with Crippen molar-refractivity contribution in [3.8, 4) is 0 Å². The second-order valence-electron chi connectivity index (χ2n) is 9.89. The van der Waals surface area contributed by atoms with Crippen LogP contribution in [-0.2, 0) is 6.42 Å². The number of hydrogen-bond donors (Lipinski definition) is 2. The van der Waals surface area contributed by atoms with E-state index in [1.54, 1.807) is 0 Å². The molecule has 4 aromatic rings. The number of benzene rings is 3. The number of anilines is 2. The van der Waals surface area contributed by atoms with Gasteiger partial charge < -0.3 is 10.5 Å². The lowest BCUT2D eigenvalue weighted by Crippen LogP contribution is -2.40. The van der Waals surface area contributed by atoms with Gasteiger partial charge in [-0.15, -0.1) is 0 Å². The molecule has 0 bridgehead atoms. The molecule has 0 aliphatic carbocycles. The van der Waals surface area contributed by atoms with E-state index in [4.69, 9.17) is 0 Å². The van der Waals surface area contributed by atoms with Crippen molar-refractivity contribution in [2.45, 2.75) is 39.2 Å². The van der Waals surface area contributed by atoms with Crippen molar-refractivity contribution >= 4 is 28.0 Å². The van der Waals surface area contributed by atoms with Crippen LogP contribution in [0.1, 0.15) is 42.6 Å². The lowest BCUT2D eigenvalue weighted by atomic mass is 9.88. The Kier molecular flexibility index (Phi) is 7.28. The summed E-state index contributed by atoms with van der Waals surface area (Å²) in [5.41, 5.74) is 7.28. The number of nitrogens with one attached hydrogen (secondary N) is 1. The van der Waals surface area contributed by atoms with E-state index >= 15 is 0 Å². The highest BCUT2D eigenvalue weighted by Gasteiger charge is 2.28. The first-order valence-electron chi connectivity index (χ1n) is 12.8. The van der Waals surface area contributed by atoms with Gasteiger partial charge in [0.15, 0.2) is 0 Å². The summed E-state index contributed by atoms with van der Waals surface area (Å²) in [7, 11) is 0. The first-order valence-corrected chi connectivity index (χ1v) is 12.8. The minimum absolute atomic E-state index is 0.0506. The standard InChI is InChI=1S/C31H34N4O/c1-22-19-30(28-13-6-7-14-29(28)32-22)33-27-12-8-11-26(21-27)31(23(2)34-36)35-17-15-25(16-18-35)20-24-9-4-3-5-10-24/h3-14,19,21,25,31,36H,15-18,20H2,1-2H3,(H,32,33). The summed E-state index contributed by atoms with van der Waals surface area (Å²) in [6.07, 6.45) is 3.42. The minimum atomic E-state index is -0.0506. The first kappa shape index (κ1) is 24.0. The molecule has 5 heteroatoms. The number of aromatic nitrogens is 1. The highest BCUT2D eigenvalue weighted by Crippen LogP contribution is 2.32. The molecule has 1 aliphatic heterocycles. The molecule has 0 saturated carbocycles. The Bertz CT molecular complexity index is 1340. The third kappa shape index (κ3) is 5.42. The number of oxime groups is 1. The second-order valence-corrected chi connectivity index (χ2v) is 9.89. The molecule has 1 saturated heterocycles. The molecule has 36 heavy (non-hydrogen) atoms. The molecule has 1 aromatic heterocycles. The highest BCUT2D eigenvalue weighted by molar-refractivity contribution is 5.93. The summed E-state index contributed by atoms with van der Waals surface area (Å²) in [4.78, 5) is 7.12. The van der Waals surface area contributed by atoms with E-state index in [1.165, 1.54) is 5.56 Å². The minimum Gasteiger partial charge on any atom is -0.411 e. The van der Waals surface area contributed by atoms with Gasteiger partial charge in [-0.2, -0.15) is 0 Å². The molecule has 1 aliphatic rings. The fraction of sp³-hybridized carbons (Fsp3) is 0.290. The van der Waals surface area contributed by atoms with Crippen molar-refractivity contribution in [3.63, 3.8) is 0 Å². The first-order chi connectivity index (χ1) is 17.6. The monoisotopic (exact) mass is 478 g/mol. The fourth-order valence-electron chi connectivity index (χ4n) is 5.49. The van der Waals surface area contributed by atoms with E-state index in [-0.39, 0.29) is 6.04 Å². The summed E-state index contributed by atoms with van der Waals surface area (Å²) in [6.45, 7) is 5.91. The van der Waals surface area contributed by atoms with E-state index in [0.717, 1.165) is 71.6 Å². The Morgan fingerprint density at radius 2 is 1.75 bits per heavy atom. The average molecular weight is 479 g/mol. The van der Waals surface area contributed by atoms with Gasteiger partial charge in [-0.05, 0) is 87.5 Å². The van der Waals surface area contributed by atoms with Crippen LogP contribution in [0, 0.1) is 12.8 Å². The second kappa shape index (κ2) is 10.9. The normalized spacial score (nSPS) is 16.2. The summed E-state index contributed by atoms with van der Waals surface area (Å²) in [6, 6.07) is 29.5. The Morgan fingerprint density at radius 1 is 1.00 bits per heavy atom. The number of aryl methyl sites for hydroxylation is 1. The van der Waals surface area contributed by atoms with Gasteiger partial charge in [0.2, 0.25) is 0 Å². The maximum absolute atomic E-state index is 9.74. The zero-order valence-electron chi connectivity index (χ0n) is 21.1. The molecule has 2 N–H and O–H groups in total. The number of pyridine rings is 1. The molecule has 0 radical (unpaired) electrons. The summed E-state index contributed by atoms with van der Waals surface area (Å²) in [5.74, 6) is 0.687. The number of rotatable bonds is 7. The molecule has 5 nitrogen and oxygen atoms in total. The number of likely N-dealkylation sites (tertiary alicyclic amines) is 1. The van der Waals surface area contributed by atoms with Gasteiger partial charge in [-0.25, -0.2) is 0 Å². The van der Waals surface area contributed by atoms with E-state index < -0.39 is 0 Å². The molecular weight excluding hydrogens is 444 g/mol. The lowest BCUT2D eigenvalue weighted by Gasteiger charge is -2.37. The van der Waals surface area contributed by atoms with Crippen molar-refractivity contribution in [3.05, 3.63) is 102 Å². The largest absolute Gasteiger partial charge is 0.411 e. The van der Waals surface area contributed by atoms with Crippen LogP contribution in [0.3, 0.4) is 0 Å². The van der Waals surface area contributed by atoms with E-state index in [0.29, 0.717) is 5.92 Å². The smallest absolute Gasteiger partial charge is 0.0767 e. The van der Waals surface area contributed by atoms with Gasteiger partial charge in [0, 0.05) is 22.5 Å². The topological polar surface area (TPSA) is 60.8 Å². The molecule has 184 valence electrons. The van der Waals surface area contributed by atoms with E-state index in [1.807, 2.05) is 32.0 Å². The quantitative estimate of drug-likeness (QED) is 0.168. The number of hydrogen-bond acceptors (Lipinski definition) is 5. The maximum Gasteiger partial charge on any atom is 0.0767 e. The molecular formula is C31H34N4O. The van der Waals surface area contributed by atoms with Crippen LogP contribution < -0.4 is 5.32 Å². The molecule has 1 atom stereocenters. The lowest BCUT2D eigenvalue weighted by molar-refractivity contribution is 0.160. The van der Waals surface area contributed by atoms with E-state index in [9.17, 15) is 5.21 Å². The molecule has 1 fully saturated rings. The van der Waals surface area contributed by atoms with Gasteiger partial charge in [-0.1, -0.05) is 65.8 Å². The molecule has 0 amide bonds. The van der Waals surface area contributed by atoms with Crippen LogP contribution in [0.15, 0.2) is 90.1 Å². The number of fused-ring (bicyclic) bond motifs is 1. The summed E-state index contributed by atoms with van der Waals surface area (Å²) < 4.78 is 0. The SMILES string of the molecule is CC(=NO)C(c1cccc(Nc2cc(C)nc3ccccc23)c1)N1CCC(Cc2ccccc2)CC1. The van der Waals surface area contributed by atoms with E-state index in [2.05, 4.69) is 87.1 Å². The number of nitrogens with zero attached hydrogens (tertiary/aromatic N) is 3. The van der Waals surface area contributed by atoms with Gasteiger partial charge in [0.05, 0.1) is 17.3 Å². The van der Waals surface area contributed by atoms with Gasteiger partial charge in [0.25, 0.3) is 0 Å². The third-order valence-electron chi connectivity index (χ3n) is 7.26. The van der Waals surface area contributed by atoms with Crippen molar-refractivity contribution in [1.82, 2.24) is 9.88 Å². The molecule has 2 heterocycles. The summed E-state index contributed by atoms with van der Waals surface area (Å²) in [5, 5.41) is 18.1. The van der Waals surface area contributed by atoms with Crippen molar-refractivity contribution in [2.24, 2.45) is 11.1 Å². The maximum atomic E-state index is 9.74. The zero-order chi connectivity index (χ0) is 24.9. The Balaban J connectivity index is 1.35. The van der Waals surface area contributed by atoms with Crippen LogP contribution >= 0.6 is 0 Å². The van der Waals surface area contributed by atoms with Gasteiger partial charge in [-0.3, -0.25) is 9.88 Å².